The Morgan fingerprint density at radius 1 is 1.16 bits per heavy atom. The van der Waals surface area contributed by atoms with Crippen molar-refractivity contribution in [1.29, 1.82) is 0 Å². The van der Waals surface area contributed by atoms with Crippen LogP contribution in [0, 0.1) is 0 Å². The zero-order valence-electron chi connectivity index (χ0n) is 14.6. The fourth-order valence-corrected chi connectivity index (χ4v) is 2.57. The standard InChI is InChI=1S/C15H27N3O6S/c1-3-17(11-14(21)22)5-6-18(7-8-19)10-13(20)16-12(15(23)24)4-9-25-2/h8,12H,3-7,9-11H2,1-2H3,(H,16,20)(H,21,22)(H,23,24). The van der Waals surface area contributed by atoms with Gasteiger partial charge >= 0.3 is 11.9 Å². The first kappa shape index (κ1) is 23.4. The van der Waals surface area contributed by atoms with Gasteiger partial charge in [-0.05, 0) is 25.0 Å². The lowest BCUT2D eigenvalue weighted by molar-refractivity contribution is -0.142. The van der Waals surface area contributed by atoms with Gasteiger partial charge in [0.1, 0.15) is 12.3 Å². The van der Waals surface area contributed by atoms with Crippen LogP contribution in [0.1, 0.15) is 13.3 Å². The summed E-state index contributed by atoms with van der Waals surface area (Å²) in [6.07, 6.45) is 2.82. The first-order valence-electron chi connectivity index (χ1n) is 7.95. The topological polar surface area (TPSA) is 127 Å². The van der Waals surface area contributed by atoms with Crippen molar-refractivity contribution in [3.8, 4) is 0 Å². The van der Waals surface area contributed by atoms with Crippen molar-refractivity contribution in [2.24, 2.45) is 0 Å². The van der Waals surface area contributed by atoms with E-state index in [9.17, 15) is 19.2 Å². The van der Waals surface area contributed by atoms with Crippen LogP contribution in [0.4, 0.5) is 0 Å². The molecular weight excluding hydrogens is 350 g/mol. The molecule has 0 aromatic carbocycles. The highest BCUT2D eigenvalue weighted by Crippen LogP contribution is 2.01. The van der Waals surface area contributed by atoms with Gasteiger partial charge in [0.15, 0.2) is 0 Å². The third kappa shape index (κ3) is 11.5. The molecule has 0 rings (SSSR count). The molecule has 9 nitrogen and oxygen atoms in total. The number of carbonyl (C=O) groups is 4. The molecule has 0 aromatic rings. The van der Waals surface area contributed by atoms with Crippen LogP contribution >= 0.6 is 11.8 Å². The van der Waals surface area contributed by atoms with Crippen LogP contribution in [0.25, 0.3) is 0 Å². The van der Waals surface area contributed by atoms with Gasteiger partial charge < -0.3 is 20.3 Å². The monoisotopic (exact) mass is 377 g/mol. The first-order valence-corrected chi connectivity index (χ1v) is 9.34. The van der Waals surface area contributed by atoms with E-state index in [4.69, 9.17) is 10.2 Å². The Balaban J connectivity index is 4.56. The van der Waals surface area contributed by atoms with Gasteiger partial charge in [0.2, 0.25) is 5.91 Å². The number of nitrogens with zero attached hydrogens (tertiary/aromatic N) is 2. The number of hydrogen-bond acceptors (Lipinski definition) is 7. The first-order chi connectivity index (χ1) is 11.8. The molecule has 10 heteroatoms. The maximum Gasteiger partial charge on any atom is 0.326 e. The number of amides is 1. The Hall–Kier alpha value is -1.65. The average Bonchev–Trinajstić information content (AvgIpc) is 2.54. The van der Waals surface area contributed by atoms with Gasteiger partial charge in [-0.1, -0.05) is 6.92 Å². The van der Waals surface area contributed by atoms with Crippen LogP contribution in [-0.2, 0) is 19.2 Å². The number of carboxylic acid groups (broad SMARTS) is 2. The lowest BCUT2D eigenvalue weighted by Gasteiger charge is -2.24. The zero-order valence-corrected chi connectivity index (χ0v) is 15.5. The predicted octanol–water partition coefficient (Wildman–Crippen LogP) is -0.784. The lowest BCUT2D eigenvalue weighted by atomic mass is 10.2. The van der Waals surface area contributed by atoms with E-state index in [1.807, 2.05) is 13.2 Å². The summed E-state index contributed by atoms with van der Waals surface area (Å²) in [7, 11) is 0. The fraction of sp³-hybridized carbons (Fsp3) is 0.733. The Kier molecular flexibility index (Phi) is 12.7. The highest BCUT2D eigenvalue weighted by atomic mass is 32.2. The summed E-state index contributed by atoms with van der Waals surface area (Å²) in [6, 6.07) is -0.961. The Bertz CT molecular complexity index is 449. The number of aliphatic carboxylic acids is 2. The van der Waals surface area contributed by atoms with E-state index in [2.05, 4.69) is 5.32 Å². The summed E-state index contributed by atoms with van der Waals surface area (Å²) in [5.41, 5.74) is 0. The summed E-state index contributed by atoms with van der Waals surface area (Å²) in [5.74, 6) is -1.91. The number of rotatable bonds is 15. The van der Waals surface area contributed by atoms with Gasteiger partial charge in [0.05, 0.1) is 19.6 Å². The van der Waals surface area contributed by atoms with Crippen LogP contribution in [0.5, 0.6) is 0 Å². The molecule has 0 bridgehead atoms. The zero-order chi connectivity index (χ0) is 19.2. The van der Waals surface area contributed by atoms with Gasteiger partial charge in [0, 0.05) is 13.1 Å². The minimum absolute atomic E-state index is 0.0145. The molecule has 0 saturated heterocycles. The second-order valence-electron chi connectivity index (χ2n) is 5.40. The van der Waals surface area contributed by atoms with Crippen molar-refractivity contribution in [3.05, 3.63) is 0 Å². The minimum Gasteiger partial charge on any atom is -0.480 e. The molecule has 0 heterocycles. The van der Waals surface area contributed by atoms with Gasteiger partial charge in [-0.3, -0.25) is 19.4 Å². The molecule has 0 aliphatic carbocycles. The normalized spacial score (nSPS) is 12.2. The van der Waals surface area contributed by atoms with E-state index in [0.29, 0.717) is 38.1 Å². The number of thioether (sulfide) groups is 1. The molecule has 1 unspecified atom stereocenters. The van der Waals surface area contributed by atoms with Crippen LogP contribution < -0.4 is 5.32 Å². The quantitative estimate of drug-likeness (QED) is 0.315. The second kappa shape index (κ2) is 13.6. The molecule has 25 heavy (non-hydrogen) atoms. The second-order valence-corrected chi connectivity index (χ2v) is 6.39. The number of hydrogen-bond donors (Lipinski definition) is 3. The molecule has 1 atom stereocenters. The maximum absolute atomic E-state index is 12.1. The van der Waals surface area contributed by atoms with E-state index in [0.717, 1.165) is 0 Å². The van der Waals surface area contributed by atoms with Gasteiger partial charge in [0.25, 0.3) is 0 Å². The molecule has 0 aliphatic rings. The predicted molar refractivity (Wildman–Crippen MR) is 94.8 cm³/mol. The van der Waals surface area contributed by atoms with Crippen molar-refractivity contribution in [3.63, 3.8) is 0 Å². The van der Waals surface area contributed by atoms with Crippen LogP contribution in [0.15, 0.2) is 0 Å². The Labute approximate surface area is 151 Å². The molecule has 0 saturated carbocycles. The van der Waals surface area contributed by atoms with Crippen molar-refractivity contribution < 1.29 is 29.4 Å². The van der Waals surface area contributed by atoms with E-state index >= 15 is 0 Å². The molecule has 0 fully saturated rings. The van der Waals surface area contributed by atoms with Crippen molar-refractivity contribution in [1.82, 2.24) is 15.1 Å². The molecule has 0 radical (unpaired) electrons. The van der Waals surface area contributed by atoms with Crippen LogP contribution in [0.3, 0.4) is 0 Å². The number of carboxylic acids is 2. The van der Waals surface area contributed by atoms with Crippen LogP contribution in [0.2, 0.25) is 0 Å². The number of aldehydes is 1. The van der Waals surface area contributed by atoms with Crippen molar-refractivity contribution in [2.75, 3.05) is 51.3 Å². The molecule has 3 N–H and O–H groups in total. The summed E-state index contributed by atoms with van der Waals surface area (Å²) in [5, 5.41) is 20.4. The molecule has 0 aromatic heterocycles. The van der Waals surface area contributed by atoms with Crippen LogP contribution in [-0.4, -0.2) is 101 Å². The fourth-order valence-electron chi connectivity index (χ4n) is 2.10. The number of likely N-dealkylation sites (N-methyl/N-ethyl adjacent to an activating group) is 1. The van der Waals surface area contributed by atoms with Gasteiger partial charge in [-0.25, -0.2) is 4.79 Å². The third-order valence-electron chi connectivity index (χ3n) is 3.48. The van der Waals surface area contributed by atoms with Crippen molar-refractivity contribution >= 4 is 35.9 Å². The molecule has 0 aliphatic heterocycles. The van der Waals surface area contributed by atoms with E-state index in [-0.39, 0.29) is 19.6 Å². The molecule has 0 spiro atoms. The third-order valence-corrected chi connectivity index (χ3v) is 4.13. The van der Waals surface area contributed by atoms with Gasteiger partial charge in [-0.2, -0.15) is 11.8 Å². The number of nitrogens with one attached hydrogen (secondary N) is 1. The molecule has 1 amide bonds. The molecular formula is C15H27N3O6S. The van der Waals surface area contributed by atoms with E-state index in [1.165, 1.54) is 11.8 Å². The lowest BCUT2D eigenvalue weighted by Crippen LogP contribution is -2.47. The summed E-state index contributed by atoms with van der Waals surface area (Å²) < 4.78 is 0. The summed E-state index contributed by atoms with van der Waals surface area (Å²) >= 11 is 1.49. The summed E-state index contributed by atoms with van der Waals surface area (Å²) in [6.45, 7) is 2.85. The highest BCUT2D eigenvalue weighted by Gasteiger charge is 2.21. The number of carbonyl (C=O) groups excluding carboxylic acids is 2. The smallest absolute Gasteiger partial charge is 0.326 e. The highest BCUT2D eigenvalue weighted by molar-refractivity contribution is 7.98. The Morgan fingerprint density at radius 3 is 2.28 bits per heavy atom. The Morgan fingerprint density at radius 2 is 1.80 bits per heavy atom. The van der Waals surface area contributed by atoms with E-state index < -0.39 is 23.9 Å². The largest absolute Gasteiger partial charge is 0.480 e. The maximum atomic E-state index is 12.1. The minimum atomic E-state index is -1.09. The van der Waals surface area contributed by atoms with Crippen molar-refractivity contribution in [2.45, 2.75) is 19.4 Å². The van der Waals surface area contributed by atoms with E-state index in [1.54, 1.807) is 9.80 Å². The summed E-state index contributed by atoms with van der Waals surface area (Å²) in [4.78, 5) is 48.0. The SMILES string of the molecule is CCN(CCN(CC=O)CC(=O)NC(CCSC)C(=O)O)CC(=O)O. The molecule has 144 valence electrons. The average molecular weight is 377 g/mol. The van der Waals surface area contributed by atoms with Gasteiger partial charge in [-0.15, -0.1) is 0 Å².